The molecular weight excluding hydrogens is 759 g/mol. The fourth-order valence-electron chi connectivity index (χ4n) is 9.21. The third-order valence-electron chi connectivity index (χ3n) is 12.3. The molecule has 7 atom stereocenters. The predicted octanol–water partition coefficient (Wildman–Crippen LogP) is 1.88. The number of hydrogen-bond donors (Lipinski definition) is 8. The maximum atomic E-state index is 13.4. The van der Waals surface area contributed by atoms with Crippen molar-refractivity contribution in [3.63, 3.8) is 0 Å². The second-order valence-corrected chi connectivity index (χ2v) is 16.1. The van der Waals surface area contributed by atoms with Gasteiger partial charge < -0.3 is 46.6 Å². The number of carboxylic acids is 1. The lowest BCUT2D eigenvalue weighted by Crippen LogP contribution is -2.53. The largest absolute Gasteiger partial charge is 0.508 e. The molecule has 2 fully saturated rings. The fourth-order valence-corrected chi connectivity index (χ4v) is 9.21. The summed E-state index contributed by atoms with van der Waals surface area (Å²) in [4.78, 5) is 75.6. The highest BCUT2D eigenvalue weighted by Crippen LogP contribution is 2.60. The van der Waals surface area contributed by atoms with E-state index in [-0.39, 0.29) is 36.7 Å². The lowest BCUT2D eigenvalue weighted by atomic mass is 9.55. The van der Waals surface area contributed by atoms with Gasteiger partial charge in [0.25, 0.3) is 5.91 Å². The Kier molecular flexibility index (Phi) is 13.9. The number of carbonyl (C=O) groups is 6. The molecule has 3 aliphatic carbocycles. The third-order valence-corrected chi connectivity index (χ3v) is 12.3. The molecule has 0 saturated heterocycles. The molecule has 0 unspecified atom stereocenters. The van der Waals surface area contributed by atoms with E-state index < -0.39 is 67.2 Å². The molecule has 0 heterocycles. The number of aliphatic hydroxyl groups excluding tert-OH is 1. The average Bonchev–Trinajstić information content (AvgIpc) is 3.54. The molecule has 314 valence electrons. The topological polar surface area (TPSA) is 232 Å². The van der Waals surface area contributed by atoms with Crippen molar-refractivity contribution in [2.75, 3.05) is 26.2 Å². The zero-order valence-electron chi connectivity index (χ0n) is 33.1. The number of hydrogen-bond acceptors (Lipinski definition) is 9. The highest BCUT2D eigenvalue weighted by molar-refractivity contribution is 5.93. The van der Waals surface area contributed by atoms with E-state index in [9.17, 15) is 39.0 Å². The summed E-state index contributed by atoms with van der Waals surface area (Å²) in [5.41, 5.74) is 3.88. The van der Waals surface area contributed by atoms with Crippen LogP contribution in [0.4, 0.5) is 0 Å². The number of amides is 5. The highest BCUT2D eigenvalue weighted by atomic mass is 16.5. The first kappa shape index (κ1) is 42.6. The van der Waals surface area contributed by atoms with Gasteiger partial charge in [0.2, 0.25) is 23.6 Å². The smallest absolute Gasteiger partial charge is 0.322 e. The number of fused-ring (bicyclic) bond motifs is 5. The van der Waals surface area contributed by atoms with Crippen LogP contribution in [0.5, 0.6) is 11.5 Å². The van der Waals surface area contributed by atoms with Gasteiger partial charge in [0.05, 0.1) is 19.2 Å². The summed E-state index contributed by atoms with van der Waals surface area (Å²) in [5.74, 6) is -2.55. The summed E-state index contributed by atoms with van der Waals surface area (Å²) < 4.78 is 5.90. The summed E-state index contributed by atoms with van der Waals surface area (Å²) in [7, 11) is 0. The van der Waals surface area contributed by atoms with Crippen molar-refractivity contribution >= 4 is 35.5 Å². The van der Waals surface area contributed by atoms with E-state index in [1.165, 1.54) is 23.3 Å². The van der Waals surface area contributed by atoms with Gasteiger partial charge in [-0.25, -0.2) is 0 Å². The van der Waals surface area contributed by atoms with Crippen LogP contribution in [0.3, 0.4) is 0 Å². The van der Waals surface area contributed by atoms with Crippen LogP contribution in [0.2, 0.25) is 0 Å². The normalized spacial score (nSPS) is 22.5. The van der Waals surface area contributed by atoms with E-state index >= 15 is 0 Å². The molecule has 5 amide bonds. The Bertz CT molecular complexity index is 2010. The van der Waals surface area contributed by atoms with Gasteiger partial charge in [0.15, 0.2) is 6.61 Å². The number of ether oxygens (including phenoxy) is 1. The van der Waals surface area contributed by atoms with Gasteiger partial charge in [-0.2, -0.15) is 0 Å². The van der Waals surface area contributed by atoms with E-state index in [0.29, 0.717) is 34.6 Å². The zero-order chi connectivity index (χ0) is 42.1. The van der Waals surface area contributed by atoms with Gasteiger partial charge in [-0.15, -0.1) is 0 Å². The molecule has 15 heteroatoms. The fraction of sp³-hybridized carbons (Fsp3) is 0.455. The Hall–Kier alpha value is -5.96. The number of phenolic OH excluding ortho intramolecular Hbond substituents is 1. The predicted molar refractivity (Wildman–Crippen MR) is 215 cm³/mol. The van der Waals surface area contributed by atoms with E-state index in [4.69, 9.17) is 9.84 Å². The van der Waals surface area contributed by atoms with E-state index in [2.05, 4.69) is 39.6 Å². The van der Waals surface area contributed by atoms with Crippen LogP contribution in [0.15, 0.2) is 72.8 Å². The SMILES string of the molecule is C[C@]12CC[C@@H]3c4ccc(OCC(=O)N[C@@H](Cc5ccc(O)cc5)C(=O)NCC(=O)NCC(=O)N[C@@H](Cc5ccccc5)C(=O)NCC(=O)O)cc4CC[C@H]3[C@@H]1CC[C@@H]2O. The number of aliphatic carboxylic acids is 1. The van der Waals surface area contributed by atoms with Crippen LogP contribution in [0, 0.1) is 17.3 Å². The molecule has 0 aromatic heterocycles. The van der Waals surface area contributed by atoms with Crippen molar-refractivity contribution in [3.8, 4) is 11.5 Å². The van der Waals surface area contributed by atoms with Crippen LogP contribution < -0.4 is 31.3 Å². The van der Waals surface area contributed by atoms with Crippen molar-refractivity contribution < 1.29 is 48.8 Å². The second-order valence-electron chi connectivity index (χ2n) is 16.1. The minimum absolute atomic E-state index is 0.000757. The third kappa shape index (κ3) is 11.0. The second kappa shape index (κ2) is 19.2. The van der Waals surface area contributed by atoms with Crippen molar-refractivity contribution in [1.29, 1.82) is 0 Å². The van der Waals surface area contributed by atoms with Crippen LogP contribution in [0.1, 0.15) is 67.2 Å². The Morgan fingerprint density at radius 2 is 1.39 bits per heavy atom. The number of benzene rings is 3. The maximum absolute atomic E-state index is 13.4. The monoisotopic (exact) mass is 811 g/mol. The molecule has 0 spiro atoms. The number of nitrogens with one attached hydrogen (secondary N) is 5. The van der Waals surface area contributed by atoms with Gasteiger partial charge in [-0.3, -0.25) is 28.8 Å². The lowest BCUT2D eigenvalue weighted by molar-refractivity contribution is -0.138. The van der Waals surface area contributed by atoms with Crippen molar-refractivity contribution in [2.45, 2.75) is 82.4 Å². The first-order valence-corrected chi connectivity index (χ1v) is 20.2. The molecule has 3 aliphatic rings. The molecule has 0 aliphatic heterocycles. The van der Waals surface area contributed by atoms with Crippen LogP contribution >= 0.6 is 0 Å². The van der Waals surface area contributed by atoms with Gasteiger partial charge in [0.1, 0.15) is 30.1 Å². The van der Waals surface area contributed by atoms with Gasteiger partial charge >= 0.3 is 5.97 Å². The summed E-state index contributed by atoms with van der Waals surface area (Å²) in [6, 6.07) is 18.6. The molecule has 2 saturated carbocycles. The van der Waals surface area contributed by atoms with Crippen LogP contribution in [-0.2, 0) is 48.0 Å². The summed E-state index contributed by atoms with van der Waals surface area (Å²) in [5, 5.41) is 41.7. The molecule has 15 nitrogen and oxygen atoms in total. The minimum Gasteiger partial charge on any atom is -0.508 e. The van der Waals surface area contributed by atoms with E-state index in [0.717, 1.165) is 38.5 Å². The summed E-state index contributed by atoms with van der Waals surface area (Å²) in [6.07, 6.45) is 5.83. The first-order chi connectivity index (χ1) is 28.3. The number of phenols is 1. The van der Waals surface area contributed by atoms with Gasteiger partial charge in [-0.1, -0.05) is 55.5 Å². The minimum atomic E-state index is -1.25. The van der Waals surface area contributed by atoms with E-state index in [1.54, 1.807) is 42.5 Å². The molecule has 0 bridgehead atoms. The number of aromatic hydroxyl groups is 1. The van der Waals surface area contributed by atoms with Gasteiger partial charge in [0, 0.05) is 12.8 Å². The molecule has 59 heavy (non-hydrogen) atoms. The highest BCUT2D eigenvalue weighted by Gasteiger charge is 2.54. The Morgan fingerprint density at radius 1 is 0.746 bits per heavy atom. The van der Waals surface area contributed by atoms with Crippen LogP contribution in [-0.4, -0.2) is 95.3 Å². The Labute approximate surface area is 342 Å². The standard InChI is InChI=1S/C44H53N5O10/c1-44-18-17-32-31-14-12-30(21-28(31)9-13-33(32)34(44)15-16-37(44)51)59-25-40(54)49-36(20-27-7-10-29(50)11-8-27)42(57)46-22-38(52)45-23-39(53)48-35(43(58)47-24-41(55)56)19-26-5-3-2-4-6-26/h2-8,10-12,14,21,32-37,50-51H,9,13,15-20,22-25H2,1H3,(H,45,52)(H,46,57)(H,47,58)(H,48,53)(H,49,54)(H,55,56)/t32-,33-,34+,35+,36+,37+,44+/m1/s1. The summed E-state index contributed by atoms with van der Waals surface area (Å²) >= 11 is 0. The van der Waals surface area contributed by atoms with Gasteiger partial charge in [-0.05, 0) is 108 Å². The maximum Gasteiger partial charge on any atom is 0.322 e. The van der Waals surface area contributed by atoms with Crippen molar-refractivity contribution in [3.05, 3.63) is 95.1 Å². The average molecular weight is 812 g/mol. The Balaban J connectivity index is 1.00. The number of aliphatic hydroxyl groups is 1. The zero-order valence-corrected chi connectivity index (χ0v) is 33.1. The molecule has 6 rings (SSSR count). The quantitative estimate of drug-likeness (QED) is 0.0987. The number of rotatable bonds is 17. The molecular formula is C44H53N5O10. The molecule has 8 N–H and O–H groups in total. The summed E-state index contributed by atoms with van der Waals surface area (Å²) in [6.45, 7) is 0.186. The van der Waals surface area contributed by atoms with Crippen LogP contribution in [0.25, 0.3) is 0 Å². The first-order valence-electron chi connectivity index (χ1n) is 20.2. The number of aryl methyl sites for hydroxylation is 1. The number of carboxylic acid groups (broad SMARTS) is 1. The van der Waals surface area contributed by atoms with E-state index in [1.807, 2.05) is 12.1 Å². The molecule has 3 aromatic rings. The van der Waals surface area contributed by atoms with Crippen molar-refractivity contribution in [2.24, 2.45) is 17.3 Å². The molecule has 3 aromatic carbocycles. The number of carbonyl (C=O) groups excluding carboxylic acids is 5. The lowest BCUT2D eigenvalue weighted by Gasteiger charge is -2.50. The molecule has 0 radical (unpaired) electrons. The Morgan fingerprint density at radius 3 is 2.08 bits per heavy atom. The van der Waals surface area contributed by atoms with Crippen molar-refractivity contribution in [1.82, 2.24) is 26.6 Å².